The van der Waals surface area contributed by atoms with Crippen molar-refractivity contribution < 1.29 is 4.42 Å². The van der Waals surface area contributed by atoms with E-state index < -0.39 is 0 Å². The van der Waals surface area contributed by atoms with Crippen LogP contribution in [0.1, 0.15) is 31.2 Å². The summed E-state index contributed by atoms with van der Waals surface area (Å²) in [4.78, 5) is 0. The maximum atomic E-state index is 5.94. The Hall–Kier alpha value is -3.14. The molecule has 27 heavy (non-hydrogen) atoms. The van der Waals surface area contributed by atoms with Gasteiger partial charge in [-0.05, 0) is 24.1 Å². The quantitative estimate of drug-likeness (QED) is 0.423. The van der Waals surface area contributed by atoms with Crippen LogP contribution >= 0.6 is 0 Å². The lowest BCUT2D eigenvalue weighted by molar-refractivity contribution is 0.493. The van der Waals surface area contributed by atoms with Crippen LogP contribution in [-0.2, 0) is 13.0 Å². The van der Waals surface area contributed by atoms with E-state index in [-0.39, 0.29) is 0 Å². The van der Waals surface area contributed by atoms with Gasteiger partial charge in [-0.25, -0.2) is 0 Å². The molecule has 2 aromatic heterocycles. The largest absolute Gasteiger partial charge is 0.419 e. The molecule has 0 N–H and O–H groups in total. The van der Waals surface area contributed by atoms with Crippen LogP contribution in [-0.4, -0.2) is 14.8 Å². The van der Waals surface area contributed by atoms with Gasteiger partial charge in [-0.2, -0.15) is 0 Å². The summed E-state index contributed by atoms with van der Waals surface area (Å²) < 4.78 is 8.17. The normalized spacial score (nSPS) is 11.6. The lowest BCUT2D eigenvalue weighted by atomic mass is 10.2. The Labute approximate surface area is 159 Å². The number of aryl methyl sites for hydroxylation is 1. The Bertz CT molecular complexity index is 1040. The Balaban J connectivity index is 1.67. The molecule has 0 amide bonds. The fraction of sp³-hybridized carbons (Fsp3) is 0.217. The van der Waals surface area contributed by atoms with Gasteiger partial charge in [-0.1, -0.05) is 74.0 Å². The maximum absolute atomic E-state index is 5.94. The van der Waals surface area contributed by atoms with E-state index in [2.05, 4.69) is 76.3 Å². The highest BCUT2D eigenvalue weighted by molar-refractivity contribution is 5.85. The van der Waals surface area contributed by atoms with Crippen molar-refractivity contribution >= 4 is 17.0 Å². The monoisotopic (exact) mass is 357 g/mol. The second kappa shape index (κ2) is 8.04. The molecular formula is C23H23N3O. The van der Waals surface area contributed by atoms with E-state index >= 15 is 0 Å². The zero-order chi connectivity index (χ0) is 18.5. The molecule has 0 radical (unpaired) electrons. The van der Waals surface area contributed by atoms with Crippen LogP contribution < -0.4 is 0 Å². The van der Waals surface area contributed by atoms with Crippen LogP contribution in [0.4, 0.5) is 0 Å². The van der Waals surface area contributed by atoms with E-state index in [0.717, 1.165) is 31.5 Å². The SMILES string of the molecule is CCCCc1nnc(-c2cc3ccccc3n2C/C=C/c2ccccc2)o1. The molecule has 2 heterocycles. The summed E-state index contributed by atoms with van der Waals surface area (Å²) in [7, 11) is 0. The van der Waals surface area contributed by atoms with Crippen LogP contribution in [0, 0.1) is 0 Å². The van der Waals surface area contributed by atoms with Gasteiger partial charge < -0.3 is 8.98 Å². The molecule has 0 spiro atoms. The maximum Gasteiger partial charge on any atom is 0.264 e. The molecule has 0 saturated carbocycles. The number of para-hydroxylation sites is 1. The molecule has 4 aromatic rings. The average molecular weight is 357 g/mol. The summed E-state index contributed by atoms with van der Waals surface area (Å²) in [5.74, 6) is 1.30. The van der Waals surface area contributed by atoms with Gasteiger partial charge in [0.1, 0.15) is 5.69 Å². The minimum atomic E-state index is 0.588. The highest BCUT2D eigenvalue weighted by Crippen LogP contribution is 2.28. The van der Waals surface area contributed by atoms with Gasteiger partial charge in [-0.15, -0.1) is 10.2 Å². The number of benzene rings is 2. The van der Waals surface area contributed by atoms with Crippen LogP contribution in [0.2, 0.25) is 0 Å². The summed E-state index contributed by atoms with van der Waals surface area (Å²) in [6, 6.07) is 20.8. The first-order valence-corrected chi connectivity index (χ1v) is 9.48. The minimum absolute atomic E-state index is 0.588. The number of rotatable bonds is 7. The van der Waals surface area contributed by atoms with Gasteiger partial charge in [-0.3, -0.25) is 0 Å². The number of hydrogen-bond donors (Lipinski definition) is 0. The van der Waals surface area contributed by atoms with E-state index in [4.69, 9.17) is 4.42 Å². The number of hydrogen-bond acceptors (Lipinski definition) is 3. The summed E-state index contributed by atoms with van der Waals surface area (Å²) in [6.45, 7) is 2.90. The highest BCUT2D eigenvalue weighted by Gasteiger charge is 2.15. The number of fused-ring (bicyclic) bond motifs is 1. The van der Waals surface area contributed by atoms with Gasteiger partial charge in [0.15, 0.2) is 0 Å². The minimum Gasteiger partial charge on any atom is -0.419 e. The molecule has 136 valence electrons. The summed E-state index contributed by atoms with van der Waals surface area (Å²) in [5, 5.41) is 9.70. The van der Waals surface area contributed by atoms with Crippen molar-refractivity contribution in [2.75, 3.05) is 0 Å². The van der Waals surface area contributed by atoms with E-state index in [1.807, 2.05) is 18.2 Å². The Morgan fingerprint density at radius 2 is 1.81 bits per heavy atom. The van der Waals surface area contributed by atoms with Crippen molar-refractivity contribution in [2.45, 2.75) is 32.7 Å². The molecule has 0 atom stereocenters. The predicted octanol–water partition coefficient (Wildman–Crippen LogP) is 5.75. The van der Waals surface area contributed by atoms with Crippen LogP contribution in [0.3, 0.4) is 0 Å². The third kappa shape index (κ3) is 3.85. The van der Waals surface area contributed by atoms with Gasteiger partial charge in [0.05, 0.1) is 0 Å². The third-order valence-electron chi connectivity index (χ3n) is 4.64. The Morgan fingerprint density at radius 1 is 1.00 bits per heavy atom. The lowest BCUT2D eigenvalue weighted by Gasteiger charge is -2.05. The fourth-order valence-corrected chi connectivity index (χ4v) is 3.23. The molecule has 0 aliphatic carbocycles. The van der Waals surface area contributed by atoms with E-state index in [0.29, 0.717) is 11.8 Å². The lowest BCUT2D eigenvalue weighted by Crippen LogP contribution is -1.98. The standard InChI is InChI=1S/C23H23N3O/c1-2-3-15-22-24-25-23(27-22)21-17-19-13-7-8-14-20(19)26(21)16-9-12-18-10-5-4-6-11-18/h4-14,17H,2-3,15-16H2,1H3/b12-9+. The van der Waals surface area contributed by atoms with E-state index in [9.17, 15) is 0 Å². The molecule has 4 heteroatoms. The number of nitrogens with zero attached hydrogens (tertiary/aromatic N) is 3. The molecule has 0 fully saturated rings. The molecule has 0 unspecified atom stereocenters. The molecule has 4 nitrogen and oxygen atoms in total. The number of unbranched alkanes of at least 4 members (excludes halogenated alkanes) is 1. The predicted molar refractivity (Wildman–Crippen MR) is 109 cm³/mol. The van der Waals surface area contributed by atoms with Gasteiger partial charge in [0, 0.05) is 23.9 Å². The first-order valence-electron chi connectivity index (χ1n) is 9.48. The third-order valence-corrected chi connectivity index (χ3v) is 4.64. The van der Waals surface area contributed by atoms with Crippen LogP contribution in [0.15, 0.2) is 71.2 Å². The average Bonchev–Trinajstić information content (AvgIpc) is 3.32. The van der Waals surface area contributed by atoms with Crippen molar-refractivity contribution in [3.05, 3.63) is 78.2 Å². The van der Waals surface area contributed by atoms with Gasteiger partial charge in [0.2, 0.25) is 5.89 Å². The summed E-state index contributed by atoms with van der Waals surface area (Å²) >= 11 is 0. The van der Waals surface area contributed by atoms with Crippen molar-refractivity contribution in [1.82, 2.24) is 14.8 Å². The number of allylic oxidation sites excluding steroid dienone is 1. The molecule has 0 aliphatic heterocycles. The Morgan fingerprint density at radius 3 is 2.67 bits per heavy atom. The first-order chi connectivity index (χ1) is 13.3. The topological polar surface area (TPSA) is 43.9 Å². The molecule has 2 aromatic carbocycles. The number of aromatic nitrogens is 3. The smallest absolute Gasteiger partial charge is 0.264 e. The van der Waals surface area contributed by atoms with Crippen molar-refractivity contribution in [2.24, 2.45) is 0 Å². The van der Waals surface area contributed by atoms with Crippen LogP contribution in [0.25, 0.3) is 28.6 Å². The van der Waals surface area contributed by atoms with Crippen molar-refractivity contribution in [3.63, 3.8) is 0 Å². The van der Waals surface area contributed by atoms with Crippen LogP contribution in [0.5, 0.6) is 0 Å². The Kier molecular flexibility index (Phi) is 5.15. The van der Waals surface area contributed by atoms with Gasteiger partial charge in [0.25, 0.3) is 5.89 Å². The summed E-state index contributed by atoms with van der Waals surface area (Å²) in [5.41, 5.74) is 3.32. The van der Waals surface area contributed by atoms with Gasteiger partial charge >= 0.3 is 0 Å². The zero-order valence-corrected chi connectivity index (χ0v) is 15.5. The fourth-order valence-electron chi connectivity index (χ4n) is 3.23. The summed E-state index contributed by atoms with van der Waals surface area (Å²) in [6.07, 6.45) is 7.31. The molecular weight excluding hydrogens is 334 g/mol. The van der Waals surface area contributed by atoms with Crippen molar-refractivity contribution in [1.29, 1.82) is 0 Å². The molecule has 0 aliphatic rings. The molecule has 4 rings (SSSR count). The second-order valence-electron chi connectivity index (χ2n) is 6.62. The molecule has 0 bridgehead atoms. The van der Waals surface area contributed by atoms with E-state index in [1.54, 1.807) is 0 Å². The zero-order valence-electron chi connectivity index (χ0n) is 15.5. The van der Waals surface area contributed by atoms with E-state index in [1.165, 1.54) is 16.5 Å². The molecule has 0 saturated heterocycles. The highest BCUT2D eigenvalue weighted by atomic mass is 16.4. The first kappa shape index (κ1) is 17.3. The second-order valence-corrected chi connectivity index (χ2v) is 6.62. The van der Waals surface area contributed by atoms with Crippen molar-refractivity contribution in [3.8, 4) is 11.6 Å².